The van der Waals surface area contributed by atoms with Crippen LogP contribution in [0.25, 0.3) is 0 Å². The lowest BCUT2D eigenvalue weighted by Crippen LogP contribution is -2.51. The Kier molecular flexibility index (Phi) is 5.19. The summed E-state index contributed by atoms with van der Waals surface area (Å²) in [6.45, 7) is 3.45. The van der Waals surface area contributed by atoms with E-state index in [1.54, 1.807) is 0 Å². The number of likely N-dealkylation sites (tertiary alicyclic amines) is 1. The van der Waals surface area contributed by atoms with Crippen molar-refractivity contribution >= 4 is 11.8 Å². The Balaban J connectivity index is 1.73. The number of nitrogens with one attached hydrogen (secondary N) is 2. The molecular formula is C14H25N3O2. The van der Waals surface area contributed by atoms with Crippen LogP contribution >= 0.6 is 0 Å². The van der Waals surface area contributed by atoms with Crippen molar-refractivity contribution in [3.05, 3.63) is 0 Å². The Hall–Kier alpha value is -1.10. The molecule has 0 bridgehead atoms. The number of carbonyl (C=O) groups is 2. The summed E-state index contributed by atoms with van der Waals surface area (Å²) in [6.07, 6.45) is 6.89. The lowest BCUT2D eigenvalue weighted by Gasteiger charge is -2.33. The summed E-state index contributed by atoms with van der Waals surface area (Å²) < 4.78 is 0. The molecule has 1 saturated carbocycles. The lowest BCUT2D eigenvalue weighted by atomic mass is 10.1. The molecular weight excluding hydrogens is 242 g/mol. The summed E-state index contributed by atoms with van der Waals surface area (Å²) in [6, 6.07) is 0.654. The van der Waals surface area contributed by atoms with Crippen molar-refractivity contribution in [1.29, 1.82) is 0 Å². The molecule has 2 N–H and O–H groups in total. The van der Waals surface area contributed by atoms with Crippen molar-refractivity contribution in [2.45, 2.75) is 57.5 Å². The van der Waals surface area contributed by atoms with E-state index in [0.29, 0.717) is 19.1 Å². The zero-order chi connectivity index (χ0) is 13.7. The van der Waals surface area contributed by atoms with Gasteiger partial charge in [-0.15, -0.1) is 0 Å². The zero-order valence-corrected chi connectivity index (χ0v) is 11.8. The van der Waals surface area contributed by atoms with Crippen LogP contribution in [0, 0.1) is 0 Å². The third-order valence-electron chi connectivity index (χ3n) is 4.08. The van der Waals surface area contributed by atoms with Gasteiger partial charge in [0.1, 0.15) is 0 Å². The third kappa shape index (κ3) is 4.49. The first-order chi connectivity index (χ1) is 9.15. The van der Waals surface area contributed by atoms with Crippen molar-refractivity contribution in [2.75, 3.05) is 19.6 Å². The van der Waals surface area contributed by atoms with E-state index in [0.717, 1.165) is 19.4 Å². The number of hydrogen-bond acceptors (Lipinski definition) is 3. The molecule has 5 heteroatoms. The Morgan fingerprint density at radius 2 is 1.79 bits per heavy atom. The van der Waals surface area contributed by atoms with Gasteiger partial charge in [-0.2, -0.15) is 0 Å². The molecule has 2 aliphatic rings. The first kappa shape index (κ1) is 14.3. The predicted octanol–water partition coefficient (Wildman–Crippen LogP) is 0.646. The molecule has 0 aromatic heterocycles. The predicted molar refractivity (Wildman–Crippen MR) is 73.7 cm³/mol. The Labute approximate surface area is 115 Å². The van der Waals surface area contributed by atoms with E-state index in [1.165, 1.54) is 32.6 Å². The Bertz CT molecular complexity index is 327. The van der Waals surface area contributed by atoms with Gasteiger partial charge in [-0.05, 0) is 25.7 Å². The maximum atomic E-state index is 12.1. The Morgan fingerprint density at radius 1 is 1.11 bits per heavy atom. The average Bonchev–Trinajstić information content (AvgIpc) is 2.88. The largest absolute Gasteiger partial charge is 0.352 e. The fraction of sp³-hybridized carbons (Fsp3) is 0.857. The van der Waals surface area contributed by atoms with Gasteiger partial charge in [0, 0.05) is 32.1 Å². The van der Waals surface area contributed by atoms with Crippen LogP contribution in [-0.2, 0) is 9.59 Å². The van der Waals surface area contributed by atoms with Crippen LogP contribution in [0.4, 0.5) is 0 Å². The summed E-state index contributed by atoms with van der Waals surface area (Å²) in [7, 11) is 0. The number of hydrogen-bond donors (Lipinski definition) is 2. The van der Waals surface area contributed by atoms with Crippen molar-refractivity contribution in [1.82, 2.24) is 15.5 Å². The molecule has 1 heterocycles. The molecule has 2 amide bonds. The molecule has 1 atom stereocenters. The molecule has 0 aromatic rings. The van der Waals surface area contributed by atoms with Gasteiger partial charge < -0.3 is 15.5 Å². The fourth-order valence-corrected chi connectivity index (χ4v) is 3.08. The fourth-order valence-electron chi connectivity index (χ4n) is 3.08. The van der Waals surface area contributed by atoms with Gasteiger partial charge in [0.15, 0.2) is 0 Å². The molecule has 0 radical (unpaired) electrons. The molecule has 0 aromatic carbocycles. The molecule has 5 nitrogen and oxygen atoms in total. The molecule has 19 heavy (non-hydrogen) atoms. The highest BCUT2D eigenvalue weighted by Crippen LogP contribution is 2.17. The lowest BCUT2D eigenvalue weighted by molar-refractivity contribution is -0.132. The SMILES string of the molecule is CC(=O)NC1CCCN(C(=O)CNC2CCCC2)C1. The van der Waals surface area contributed by atoms with E-state index in [-0.39, 0.29) is 17.9 Å². The van der Waals surface area contributed by atoms with Gasteiger partial charge in [0.25, 0.3) is 0 Å². The molecule has 1 unspecified atom stereocenters. The van der Waals surface area contributed by atoms with E-state index < -0.39 is 0 Å². The third-order valence-corrected chi connectivity index (χ3v) is 4.08. The number of piperidine rings is 1. The van der Waals surface area contributed by atoms with Crippen LogP contribution in [0.3, 0.4) is 0 Å². The molecule has 0 spiro atoms. The maximum absolute atomic E-state index is 12.1. The van der Waals surface area contributed by atoms with Crippen molar-refractivity contribution in [3.63, 3.8) is 0 Å². The van der Waals surface area contributed by atoms with Crippen LogP contribution in [0.15, 0.2) is 0 Å². The van der Waals surface area contributed by atoms with Crippen LogP contribution in [0.5, 0.6) is 0 Å². The highest BCUT2D eigenvalue weighted by atomic mass is 16.2. The molecule has 1 aliphatic heterocycles. The molecule has 108 valence electrons. The topological polar surface area (TPSA) is 61.4 Å². The van der Waals surface area contributed by atoms with E-state index in [9.17, 15) is 9.59 Å². The zero-order valence-electron chi connectivity index (χ0n) is 11.8. The minimum absolute atomic E-state index is 0.0108. The second-order valence-corrected chi connectivity index (χ2v) is 5.74. The minimum atomic E-state index is -0.0108. The van der Waals surface area contributed by atoms with Gasteiger partial charge in [0.05, 0.1) is 6.54 Å². The number of rotatable bonds is 4. The highest BCUT2D eigenvalue weighted by Gasteiger charge is 2.24. The number of nitrogens with zero attached hydrogens (tertiary/aromatic N) is 1. The van der Waals surface area contributed by atoms with Crippen molar-refractivity contribution in [2.24, 2.45) is 0 Å². The monoisotopic (exact) mass is 267 g/mol. The quantitative estimate of drug-likeness (QED) is 0.786. The second kappa shape index (κ2) is 6.89. The average molecular weight is 267 g/mol. The van der Waals surface area contributed by atoms with Gasteiger partial charge in [-0.25, -0.2) is 0 Å². The molecule has 1 aliphatic carbocycles. The summed E-state index contributed by atoms with van der Waals surface area (Å²) >= 11 is 0. The smallest absolute Gasteiger partial charge is 0.236 e. The van der Waals surface area contributed by atoms with Crippen LogP contribution < -0.4 is 10.6 Å². The van der Waals surface area contributed by atoms with Gasteiger partial charge in [-0.1, -0.05) is 12.8 Å². The Morgan fingerprint density at radius 3 is 2.47 bits per heavy atom. The molecule has 1 saturated heterocycles. The first-order valence-electron chi connectivity index (χ1n) is 7.43. The van der Waals surface area contributed by atoms with E-state index >= 15 is 0 Å². The van der Waals surface area contributed by atoms with Crippen LogP contribution in [-0.4, -0.2) is 48.4 Å². The van der Waals surface area contributed by atoms with Crippen LogP contribution in [0.2, 0.25) is 0 Å². The van der Waals surface area contributed by atoms with Gasteiger partial charge in [0.2, 0.25) is 11.8 Å². The van der Waals surface area contributed by atoms with E-state index in [4.69, 9.17) is 0 Å². The summed E-state index contributed by atoms with van der Waals surface area (Å²) in [5, 5.41) is 6.27. The van der Waals surface area contributed by atoms with Crippen LogP contribution in [0.1, 0.15) is 45.4 Å². The first-order valence-corrected chi connectivity index (χ1v) is 7.43. The molecule has 2 rings (SSSR count). The number of amides is 2. The summed E-state index contributed by atoms with van der Waals surface area (Å²) in [5.41, 5.74) is 0. The van der Waals surface area contributed by atoms with E-state index in [2.05, 4.69) is 10.6 Å². The van der Waals surface area contributed by atoms with Crippen molar-refractivity contribution in [3.8, 4) is 0 Å². The number of carbonyl (C=O) groups excluding carboxylic acids is 2. The normalized spacial score (nSPS) is 24.5. The second-order valence-electron chi connectivity index (χ2n) is 5.74. The van der Waals surface area contributed by atoms with E-state index in [1.807, 2.05) is 4.90 Å². The standard InChI is InChI=1S/C14H25N3O2/c1-11(18)16-13-7-4-8-17(10-13)14(19)9-15-12-5-2-3-6-12/h12-13,15H,2-10H2,1H3,(H,16,18). The van der Waals surface area contributed by atoms with Gasteiger partial charge >= 0.3 is 0 Å². The highest BCUT2D eigenvalue weighted by molar-refractivity contribution is 5.78. The summed E-state index contributed by atoms with van der Waals surface area (Å²) in [5.74, 6) is 0.158. The maximum Gasteiger partial charge on any atom is 0.236 e. The minimum Gasteiger partial charge on any atom is -0.352 e. The molecule has 2 fully saturated rings. The van der Waals surface area contributed by atoms with Gasteiger partial charge in [-0.3, -0.25) is 9.59 Å². The van der Waals surface area contributed by atoms with Crippen molar-refractivity contribution < 1.29 is 9.59 Å². The summed E-state index contributed by atoms with van der Waals surface area (Å²) in [4.78, 5) is 25.1.